The number of rotatable bonds is 1. The fourth-order valence-electron chi connectivity index (χ4n) is 8.52. The van der Waals surface area contributed by atoms with Crippen LogP contribution in [0, 0.1) is 56.3 Å². The molecule has 7 aliphatic rings. The Morgan fingerprint density at radius 3 is 1.57 bits per heavy atom. The van der Waals surface area contributed by atoms with Crippen LogP contribution in [0.2, 0.25) is 0 Å². The molecule has 0 radical (unpaired) electrons. The van der Waals surface area contributed by atoms with Crippen LogP contribution in [0.5, 0.6) is 0 Å². The Bertz CT molecular complexity index is 1560. The minimum absolute atomic E-state index is 0.229. The number of imide groups is 2. The van der Waals surface area contributed by atoms with Gasteiger partial charge in [0.15, 0.2) is 0 Å². The lowest BCUT2D eigenvalue weighted by molar-refractivity contribution is -0.138. The zero-order valence-electron chi connectivity index (χ0n) is 23.2. The minimum atomic E-state index is -0.603. The van der Waals surface area contributed by atoms with Crippen molar-refractivity contribution in [1.82, 2.24) is 4.90 Å². The van der Waals surface area contributed by atoms with E-state index in [1.54, 1.807) is 0 Å². The van der Waals surface area contributed by atoms with Crippen molar-refractivity contribution in [2.75, 3.05) is 34.8 Å². The first-order chi connectivity index (χ1) is 19.2. The molecular weight excluding hydrogens is 504 g/mol. The Labute approximate surface area is 233 Å². The second kappa shape index (κ2) is 7.83. The summed E-state index contributed by atoms with van der Waals surface area (Å²) in [5.41, 5.74) is 8.91. The van der Waals surface area contributed by atoms with E-state index in [1.807, 2.05) is 25.1 Å². The molecule has 40 heavy (non-hydrogen) atoms. The summed E-state index contributed by atoms with van der Waals surface area (Å²) < 4.78 is 0. The van der Waals surface area contributed by atoms with Crippen LogP contribution in [0.4, 0.5) is 17.1 Å². The number of benzene rings is 2. The first-order valence-electron chi connectivity index (χ1n) is 14.3. The molecule has 3 fully saturated rings. The van der Waals surface area contributed by atoms with Gasteiger partial charge in [0.05, 0.1) is 29.4 Å². The first kappa shape index (κ1) is 23.9. The third-order valence-electron chi connectivity index (χ3n) is 10.6. The van der Waals surface area contributed by atoms with Gasteiger partial charge in [-0.1, -0.05) is 24.3 Å². The van der Waals surface area contributed by atoms with Gasteiger partial charge in [-0.3, -0.25) is 24.1 Å². The molecule has 204 valence electrons. The molecule has 0 aromatic heterocycles. The highest BCUT2D eigenvalue weighted by atomic mass is 16.2. The molecule has 6 atom stereocenters. The van der Waals surface area contributed by atoms with Crippen molar-refractivity contribution in [1.29, 1.82) is 0 Å². The summed E-state index contributed by atoms with van der Waals surface area (Å²) in [6, 6.07) is 8.75. The molecule has 6 unspecified atom stereocenters. The lowest BCUT2D eigenvalue weighted by atomic mass is 9.54. The maximum Gasteiger partial charge on any atom is 0.238 e. The van der Waals surface area contributed by atoms with Crippen LogP contribution in [0.25, 0.3) is 0 Å². The van der Waals surface area contributed by atoms with Gasteiger partial charge in [-0.05, 0) is 60.7 Å². The van der Waals surface area contributed by atoms with Crippen molar-refractivity contribution in [3.05, 3.63) is 64.2 Å². The van der Waals surface area contributed by atoms with Gasteiger partial charge in [-0.25, -0.2) is 4.90 Å². The minimum Gasteiger partial charge on any atom is -0.365 e. The highest BCUT2D eigenvalue weighted by Crippen LogP contribution is 2.58. The number of amides is 4. The number of likely N-dealkylation sites (tertiary alicyclic amines) is 1. The maximum atomic E-state index is 14.1. The molecular formula is C32H32N4O4. The Hall–Kier alpha value is -3.94. The zero-order chi connectivity index (χ0) is 27.8. The average Bonchev–Trinajstić information content (AvgIpc) is 3.17. The summed E-state index contributed by atoms with van der Waals surface area (Å²) >= 11 is 0. The second-order valence-electron chi connectivity index (χ2n) is 12.6. The molecule has 4 heterocycles. The van der Waals surface area contributed by atoms with Crippen LogP contribution in [0.1, 0.15) is 27.8 Å². The van der Waals surface area contributed by atoms with E-state index in [0.29, 0.717) is 5.69 Å². The predicted molar refractivity (Wildman–Crippen MR) is 150 cm³/mol. The van der Waals surface area contributed by atoms with E-state index < -0.39 is 35.5 Å². The quantitative estimate of drug-likeness (QED) is 0.412. The van der Waals surface area contributed by atoms with Crippen LogP contribution >= 0.6 is 0 Å². The smallest absolute Gasteiger partial charge is 0.238 e. The van der Waals surface area contributed by atoms with E-state index in [2.05, 4.69) is 41.8 Å². The Kier molecular flexibility index (Phi) is 4.68. The van der Waals surface area contributed by atoms with Crippen molar-refractivity contribution < 1.29 is 19.2 Å². The zero-order valence-corrected chi connectivity index (χ0v) is 23.2. The van der Waals surface area contributed by atoms with Crippen LogP contribution in [0.3, 0.4) is 0 Å². The molecule has 0 N–H and O–H groups in total. The number of nitrogens with zero attached hydrogens (tertiary/aromatic N) is 4. The Morgan fingerprint density at radius 1 is 0.575 bits per heavy atom. The lowest BCUT2D eigenvalue weighted by Gasteiger charge is -2.44. The van der Waals surface area contributed by atoms with E-state index in [-0.39, 0.29) is 23.6 Å². The molecule has 1 saturated carbocycles. The molecule has 8 heteroatoms. The van der Waals surface area contributed by atoms with E-state index in [1.165, 1.54) is 44.8 Å². The van der Waals surface area contributed by atoms with Gasteiger partial charge in [-0.15, -0.1) is 0 Å². The summed E-state index contributed by atoms with van der Waals surface area (Å²) in [7, 11) is 1.51. The molecule has 2 aromatic carbocycles. The van der Waals surface area contributed by atoms with E-state index in [0.717, 1.165) is 37.4 Å². The molecule has 2 aromatic rings. The average molecular weight is 537 g/mol. The normalized spacial score (nSPS) is 31.5. The van der Waals surface area contributed by atoms with E-state index in [9.17, 15) is 19.2 Å². The van der Waals surface area contributed by atoms with Gasteiger partial charge in [0, 0.05) is 56.4 Å². The number of carbonyl (C=O) groups excluding carboxylic acids is 4. The SMILES string of the molecule is Cc1cc2c(cc1C)N1CCN(C2)c2cc(N3C(=O)C4C5C=CC(C6C(=O)N(C)C(=O)C56)C4C3=O)c(C)cc2C1. The summed E-state index contributed by atoms with van der Waals surface area (Å²) in [4.78, 5) is 61.5. The molecule has 4 amide bonds. The standard InChI is InChI=1S/C32H32N4O4/c1-15-9-18-13-35-8-7-34(23(18)11-16(15)2)14-19-10-17(3)22(12-24(19)35)36-31(39)27-20-5-6-21(28(27)32(36)40)26-25(20)29(37)33(4)30(26)38/h5-6,9-12,20-21,25-28H,7-8,13-14H2,1-4H3. The topological polar surface area (TPSA) is 81.2 Å². The highest BCUT2D eigenvalue weighted by molar-refractivity contribution is 6.24. The third kappa shape index (κ3) is 2.86. The molecule has 2 saturated heterocycles. The Balaban J connectivity index is 1.19. The molecule has 3 aliphatic carbocycles. The summed E-state index contributed by atoms with van der Waals surface area (Å²) in [5, 5.41) is 0. The third-order valence-corrected chi connectivity index (χ3v) is 10.6. The van der Waals surface area contributed by atoms with Crippen molar-refractivity contribution in [3.63, 3.8) is 0 Å². The van der Waals surface area contributed by atoms with Crippen LogP contribution in [-0.4, -0.2) is 48.7 Å². The van der Waals surface area contributed by atoms with Crippen molar-refractivity contribution in [2.24, 2.45) is 35.5 Å². The number of hydrogen-bond acceptors (Lipinski definition) is 6. The second-order valence-corrected chi connectivity index (χ2v) is 12.6. The van der Waals surface area contributed by atoms with Crippen molar-refractivity contribution >= 4 is 40.7 Å². The molecule has 0 spiro atoms. The fraction of sp³-hybridized carbons (Fsp3) is 0.438. The number of anilines is 3. The maximum absolute atomic E-state index is 14.1. The number of aryl methyl sites for hydroxylation is 3. The number of fused-ring (bicyclic) bond motifs is 7. The van der Waals surface area contributed by atoms with Crippen LogP contribution < -0.4 is 14.7 Å². The number of hydrogen-bond donors (Lipinski definition) is 0. The van der Waals surface area contributed by atoms with Crippen LogP contribution in [0.15, 0.2) is 36.4 Å². The van der Waals surface area contributed by atoms with Gasteiger partial charge >= 0.3 is 0 Å². The van der Waals surface area contributed by atoms with Gasteiger partial charge in [0.25, 0.3) is 0 Å². The summed E-state index contributed by atoms with van der Waals surface area (Å²) in [5.74, 6) is -4.10. The molecule has 4 aliphatic heterocycles. The molecule has 4 bridgehead atoms. The molecule has 9 rings (SSSR count). The van der Waals surface area contributed by atoms with Gasteiger partial charge in [-0.2, -0.15) is 0 Å². The summed E-state index contributed by atoms with van der Waals surface area (Å²) in [6.45, 7) is 9.57. The monoisotopic (exact) mass is 536 g/mol. The number of allylic oxidation sites excluding steroid dienone is 2. The van der Waals surface area contributed by atoms with Crippen molar-refractivity contribution in [3.8, 4) is 0 Å². The van der Waals surface area contributed by atoms with E-state index >= 15 is 0 Å². The highest BCUT2D eigenvalue weighted by Gasteiger charge is 2.68. The predicted octanol–water partition coefficient (Wildman–Crippen LogP) is 3.10. The molecule has 8 nitrogen and oxygen atoms in total. The number of carbonyl (C=O) groups is 4. The summed E-state index contributed by atoms with van der Waals surface area (Å²) in [6.07, 6.45) is 3.83. The van der Waals surface area contributed by atoms with Gasteiger partial charge < -0.3 is 9.80 Å². The van der Waals surface area contributed by atoms with Gasteiger partial charge in [0.1, 0.15) is 0 Å². The Morgan fingerprint density at radius 2 is 1.02 bits per heavy atom. The van der Waals surface area contributed by atoms with E-state index in [4.69, 9.17) is 0 Å². The first-order valence-corrected chi connectivity index (χ1v) is 14.3. The lowest BCUT2D eigenvalue weighted by Crippen LogP contribution is -2.50. The largest absolute Gasteiger partial charge is 0.365 e. The van der Waals surface area contributed by atoms with Crippen molar-refractivity contribution in [2.45, 2.75) is 33.9 Å². The van der Waals surface area contributed by atoms with Crippen LogP contribution in [-0.2, 0) is 32.3 Å². The fourth-order valence-corrected chi connectivity index (χ4v) is 8.52. The van der Waals surface area contributed by atoms with Gasteiger partial charge in [0.2, 0.25) is 23.6 Å².